The first kappa shape index (κ1) is 30.6. The maximum absolute atomic E-state index is 13.7. The van der Waals surface area contributed by atoms with E-state index in [0.29, 0.717) is 23.2 Å². The minimum absolute atomic E-state index is 0.151. The maximum atomic E-state index is 13.7. The first-order valence-electron chi connectivity index (χ1n) is 15.9. The second-order valence-corrected chi connectivity index (χ2v) is 12.2. The number of amides is 1. The van der Waals surface area contributed by atoms with Crippen LogP contribution >= 0.6 is 0 Å². The van der Waals surface area contributed by atoms with Gasteiger partial charge in [-0.05, 0) is 70.3 Å². The number of aryl methyl sites for hydroxylation is 2. The lowest BCUT2D eigenvalue weighted by molar-refractivity contribution is -0.00476. The summed E-state index contributed by atoms with van der Waals surface area (Å²) in [5.74, 6) is 0.553. The van der Waals surface area contributed by atoms with Crippen molar-refractivity contribution in [3.63, 3.8) is 0 Å². The van der Waals surface area contributed by atoms with Crippen LogP contribution in [0.1, 0.15) is 72.3 Å². The Morgan fingerprint density at radius 1 is 1.07 bits per heavy atom. The number of nitrogens with one attached hydrogen (secondary N) is 2. The molecular formula is C33H49N5O4. The zero-order valence-corrected chi connectivity index (χ0v) is 26.1. The number of pyridine rings is 1. The highest BCUT2D eigenvalue weighted by atomic mass is 16.5. The fraction of sp³-hybridized carbons (Fsp3) is 0.636. The van der Waals surface area contributed by atoms with E-state index in [1.807, 2.05) is 32.9 Å². The van der Waals surface area contributed by atoms with E-state index in [4.69, 9.17) is 9.47 Å². The highest BCUT2D eigenvalue weighted by molar-refractivity contribution is 5.97. The number of benzene rings is 1. The van der Waals surface area contributed by atoms with Gasteiger partial charge in [-0.1, -0.05) is 6.92 Å². The van der Waals surface area contributed by atoms with Crippen molar-refractivity contribution in [2.24, 2.45) is 0 Å². The van der Waals surface area contributed by atoms with Gasteiger partial charge in [-0.15, -0.1) is 0 Å². The second-order valence-electron chi connectivity index (χ2n) is 12.2. The van der Waals surface area contributed by atoms with Crippen LogP contribution in [-0.2, 0) is 11.3 Å². The first-order valence-corrected chi connectivity index (χ1v) is 15.9. The van der Waals surface area contributed by atoms with E-state index < -0.39 is 0 Å². The molecule has 0 bridgehead atoms. The second kappa shape index (κ2) is 13.6. The number of ether oxygens (including phenoxy) is 2. The number of anilines is 1. The highest BCUT2D eigenvalue weighted by Crippen LogP contribution is 2.36. The number of H-pyrrole nitrogens is 1. The molecule has 5 rings (SSSR count). The number of nitrogens with zero attached hydrogens (tertiary/aromatic N) is 3. The number of aromatic nitrogens is 1. The van der Waals surface area contributed by atoms with E-state index in [1.165, 1.54) is 0 Å². The third kappa shape index (κ3) is 6.84. The predicted molar refractivity (Wildman–Crippen MR) is 167 cm³/mol. The molecule has 230 valence electrons. The number of hydrogen-bond donors (Lipinski definition) is 2. The fourth-order valence-corrected chi connectivity index (χ4v) is 6.83. The van der Waals surface area contributed by atoms with Crippen molar-refractivity contribution in [1.29, 1.82) is 0 Å². The Labute approximate surface area is 250 Å². The van der Waals surface area contributed by atoms with Gasteiger partial charge in [0.2, 0.25) is 0 Å². The Morgan fingerprint density at radius 3 is 2.43 bits per heavy atom. The van der Waals surface area contributed by atoms with Gasteiger partial charge in [-0.3, -0.25) is 14.5 Å². The quantitative estimate of drug-likeness (QED) is 0.443. The van der Waals surface area contributed by atoms with Crippen LogP contribution < -0.4 is 20.5 Å². The molecular weight excluding hydrogens is 530 g/mol. The summed E-state index contributed by atoms with van der Waals surface area (Å²) in [7, 11) is 0. The Kier molecular flexibility index (Phi) is 9.91. The number of piperazine rings is 1. The number of aromatic amines is 1. The summed E-state index contributed by atoms with van der Waals surface area (Å²) >= 11 is 0. The zero-order chi connectivity index (χ0) is 29.8. The first-order chi connectivity index (χ1) is 20.3. The molecule has 9 nitrogen and oxygen atoms in total. The normalized spacial score (nSPS) is 22.0. The summed E-state index contributed by atoms with van der Waals surface area (Å²) in [4.78, 5) is 36.6. The summed E-state index contributed by atoms with van der Waals surface area (Å²) in [6.07, 6.45) is 4.11. The topological polar surface area (TPSA) is 90.1 Å². The Balaban J connectivity index is 1.34. The molecule has 1 saturated carbocycles. The molecule has 3 fully saturated rings. The van der Waals surface area contributed by atoms with E-state index in [-0.39, 0.29) is 24.1 Å². The Morgan fingerprint density at radius 2 is 1.79 bits per heavy atom. The monoisotopic (exact) mass is 579 g/mol. The van der Waals surface area contributed by atoms with Crippen LogP contribution in [-0.4, -0.2) is 91.4 Å². The zero-order valence-electron chi connectivity index (χ0n) is 26.1. The van der Waals surface area contributed by atoms with Crippen LogP contribution in [0, 0.1) is 20.8 Å². The number of carbonyl (C=O) groups is 1. The molecule has 2 N–H and O–H groups in total. The van der Waals surface area contributed by atoms with Crippen LogP contribution in [0.5, 0.6) is 5.75 Å². The van der Waals surface area contributed by atoms with Crippen LogP contribution in [0.15, 0.2) is 23.0 Å². The summed E-state index contributed by atoms with van der Waals surface area (Å²) in [5.41, 5.74) is 4.68. The molecule has 1 aliphatic carbocycles. The molecule has 2 aliphatic heterocycles. The van der Waals surface area contributed by atoms with E-state index in [9.17, 15) is 9.59 Å². The molecule has 1 aromatic heterocycles. The lowest BCUT2D eigenvalue weighted by Gasteiger charge is -2.46. The number of carbonyl (C=O) groups excluding carboxylic acids is 1. The molecule has 0 unspecified atom stereocenters. The molecule has 2 aromatic rings. The average molecular weight is 580 g/mol. The summed E-state index contributed by atoms with van der Waals surface area (Å²) in [6.45, 7) is 18.4. The lowest BCUT2D eigenvalue weighted by Crippen LogP contribution is -2.56. The molecule has 3 heterocycles. The van der Waals surface area contributed by atoms with Crippen LogP contribution in [0.25, 0.3) is 0 Å². The largest absolute Gasteiger partial charge is 0.490 e. The van der Waals surface area contributed by atoms with E-state index in [1.54, 1.807) is 0 Å². The van der Waals surface area contributed by atoms with Gasteiger partial charge in [0.15, 0.2) is 0 Å². The third-order valence-electron chi connectivity index (χ3n) is 9.54. The summed E-state index contributed by atoms with van der Waals surface area (Å²) in [6, 6.07) is 6.89. The highest BCUT2D eigenvalue weighted by Gasteiger charge is 2.36. The predicted octanol–water partition coefficient (Wildman–Crippen LogP) is 3.78. The number of rotatable bonds is 10. The van der Waals surface area contributed by atoms with Crippen LogP contribution in [0.2, 0.25) is 0 Å². The molecule has 1 aromatic carbocycles. The molecule has 0 radical (unpaired) electrons. The number of likely N-dealkylation sites (N-methyl/N-ethyl adjacent to an activating group) is 1. The van der Waals surface area contributed by atoms with Gasteiger partial charge in [0.25, 0.3) is 11.5 Å². The molecule has 1 amide bonds. The van der Waals surface area contributed by atoms with E-state index in [2.05, 4.69) is 44.9 Å². The van der Waals surface area contributed by atoms with Crippen molar-refractivity contribution in [3.8, 4) is 5.75 Å². The van der Waals surface area contributed by atoms with Gasteiger partial charge in [0, 0.05) is 106 Å². The molecule has 2 saturated heterocycles. The van der Waals surface area contributed by atoms with Gasteiger partial charge in [-0.25, -0.2) is 0 Å². The van der Waals surface area contributed by atoms with Crippen molar-refractivity contribution in [3.05, 3.63) is 56.5 Å². The minimum atomic E-state index is -0.193. The van der Waals surface area contributed by atoms with E-state index >= 15 is 0 Å². The molecule has 9 heteroatoms. The summed E-state index contributed by atoms with van der Waals surface area (Å²) in [5, 5.41) is 3.02. The standard InChI is InChI=1S/C33H49N5O4/c1-6-36-10-12-37(13-11-36)26-17-27(18-26)42-28-19-29(32(39)34-21-30-22(3)16-23(4)35-33(30)40)24(5)31(20-28)38(7-2)25-8-14-41-15-9-25/h16,19-20,25-27H,6-15,17-18,21H2,1-5H3,(H,34,39)(H,35,40)/t26-,27-. The molecule has 42 heavy (non-hydrogen) atoms. The van der Waals surface area contributed by atoms with Crippen molar-refractivity contribution >= 4 is 11.6 Å². The van der Waals surface area contributed by atoms with Gasteiger partial charge < -0.3 is 29.6 Å². The molecule has 0 atom stereocenters. The van der Waals surface area contributed by atoms with Crippen LogP contribution in [0.3, 0.4) is 0 Å². The van der Waals surface area contributed by atoms with E-state index in [0.717, 1.165) is 106 Å². The van der Waals surface area contributed by atoms with Gasteiger partial charge in [0.1, 0.15) is 11.9 Å². The lowest BCUT2D eigenvalue weighted by atomic mass is 9.87. The Bertz CT molecular complexity index is 1290. The third-order valence-corrected chi connectivity index (χ3v) is 9.54. The fourth-order valence-electron chi connectivity index (χ4n) is 6.83. The summed E-state index contributed by atoms with van der Waals surface area (Å²) < 4.78 is 12.2. The average Bonchev–Trinajstić information content (AvgIpc) is 2.96. The van der Waals surface area contributed by atoms with Crippen LogP contribution in [0.4, 0.5) is 5.69 Å². The molecule has 3 aliphatic rings. The Hall–Kier alpha value is -2.88. The van der Waals surface area contributed by atoms with Gasteiger partial charge in [-0.2, -0.15) is 0 Å². The maximum Gasteiger partial charge on any atom is 0.253 e. The van der Waals surface area contributed by atoms with Crippen molar-refractivity contribution in [1.82, 2.24) is 20.1 Å². The smallest absolute Gasteiger partial charge is 0.253 e. The molecule has 0 spiro atoms. The van der Waals surface area contributed by atoms with Gasteiger partial charge >= 0.3 is 0 Å². The minimum Gasteiger partial charge on any atom is -0.490 e. The SMILES string of the molecule is CCN1CCN([C@H]2C[C@H](Oc3cc(C(=O)NCc4c(C)cc(C)[nH]c4=O)c(C)c(N(CC)C4CCOCC4)c3)C2)CC1. The number of hydrogen-bond acceptors (Lipinski definition) is 7. The van der Waals surface area contributed by atoms with Crippen molar-refractivity contribution in [2.45, 2.75) is 85.0 Å². The van der Waals surface area contributed by atoms with Gasteiger partial charge in [0.05, 0.1) is 0 Å². The van der Waals surface area contributed by atoms with Crippen molar-refractivity contribution < 1.29 is 14.3 Å². The van der Waals surface area contributed by atoms with Crippen molar-refractivity contribution in [2.75, 3.05) is 57.4 Å².